The van der Waals surface area contributed by atoms with Crippen LogP contribution in [0.4, 0.5) is 5.69 Å². The first-order valence-electron chi connectivity index (χ1n) is 7.39. The van der Waals surface area contributed by atoms with Gasteiger partial charge in [-0.3, -0.25) is 4.79 Å². The van der Waals surface area contributed by atoms with Crippen molar-refractivity contribution >= 4 is 21.6 Å². The SMILES string of the molecule is CCOc1cccc(NC(=O)[C@H]2CCCN(S(C)(=O)=O)C2)c1. The number of nitrogens with one attached hydrogen (secondary N) is 1. The molecule has 1 aromatic carbocycles. The van der Waals surface area contributed by atoms with Crippen LogP contribution in [0.1, 0.15) is 19.8 Å². The predicted molar refractivity (Wildman–Crippen MR) is 85.4 cm³/mol. The second kappa shape index (κ2) is 7.11. The second-order valence-corrected chi connectivity index (χ2v) is 7.39. The third-order valence-electron chi connectivity index (χ3n) is 3.64. The molecule has 1 saturated heterocycles. The molecule has 2 rings (SSSR count). The second-order valence-electron chi connectivity index (χ2n) is 5.41. The van der Waals surface area contributed by atoms with Gasteiger partial charge in [-0.1, -0.05) is 6.07 Å². The molecule has 0 radical (unpaired) electrons. The van der Waals surface area contributed by atoms with Crippen LogP contribution in [0, 0.1) is 5.92 Å². The van der Waals surface area contributed by atoms with Crippen LogP contribution in [-0.4, -0.2) is 44.6 Å². The van der Waals surface area contributed by atoms with E-state index in [1.54, 1.807) is 12.1 Å². The van der Waals surface area contributed by atoms with E-state index in [0.29, 0.717) is 37.4 Å². The van der Waals surface area contributed by atoms with Crippen molar-refractivity contribution in [3.63, 3.8) is 0 Å². The molecule has 0 bridgehead atoms. The number of amides is 1. The van der Waals surface area contributed by atoms with E-state index in [0.717, 1.165) is 0 Å². The van der Waals surface area contributed by atoms with Gasteiger partial charge >= 0.3 is 0 Å². The molecule has 1 aromatic rings. The molecule has 122 valence electrons. The van der Waals surface area contributed by atoms with Gasteiger partial charge in [-0.25, -0.2) is 12.7 Å². The predicted octanol–water partition coefficient (Wildman–Crippen LogP) is 1.70. The van der Waals surface area contributed by atoms with Crippen LogP contribution in [0.5, 0.6) is 5.75 Å². The maximum absolute atomic E-state index is 12.3. The molecule has 0 saturated carbocycles. The van der Waals surface area contributed by atoms with Crippen LogP contribution in [-0.2, 0) is 14.8 Å². The maximum Gasteiger partial charge on any atom is 0.228 e. The smallest absolute Gasteiger partial charge is 0.228 e. The highest BCUT2D eigenvalue weighted by atomic mass is 32.2. The van der Waals surface area contributed by atoms with E-state index in [1.807, 2.05) is 19.1 Å². The number of hydrogen-bond acceptors (Lipinski definition) is 4. The molecule has 6 nitrogen and oxygen atoms in total. The molecule has 1 aliphatic heterocycles. The normalized spacial score (nSPS) is 19.6. The van der Waals surface area contributed by atoms with Crippen LogP contribution >= 0.6 is 0 Å². The highest BCUT2D eigenvalue weighted by Crippen LogP contribution is 2.22. The third-order valence-corrected chi connectivity index (χ3v) is 4.91. The van der Waals surface area contributed by atoms with Gasteiger partial charge in [0.1, 0.15) is 5.75 Å². The monoisotopic (exact) mass is 326 g/mol. The topological polar surface area (TPSA) is 75.7 Å². The molecule has 0 aromatic heterocycles. The van der Waals surface area contributed by atoms with E-state index < -0.39 is 10.0 Å². The van der Waals surface area contributed by atoms with Crippen molar-refractivity contribution in [3.05, 3.63) is 24.3 Å². The summed E-state index contributed by atoms with van der Waals surface area (Å²) in [5.74, 6) is 0.225. The fourth-order valence-corrected chi connectivity index (χ4v) is 3.44. The summed E-state index contributed by atoms with van der Waals surface area (Å²) >= 11 is 0. The maximum atomic E-state index is 12.3. The number of benzene rings is 1. The molecular formula is C15H22N2O4S. The van der Waals surface area contributed by atoms with E-state index >= 15 is 0 Å². The molecular weight excluding hydrogens is 304 g/mol. The Morgan fingerprint density at radius 3 is 2.91 bits per heavy atom. The molecule has 0 spiro atoms. The van der Waals surface area contributed by atoms with Crippen molar-refractivity contribution in [1.82, 2.24) is 4.31 Å². The number of carbonyl (C=O) groups excluding carboxylic acids is 1. The van der Waals surface area contributed by atoms with Gasteiger partial charge in [0.05, 0.1) is 18.8 Å². The number of anilines is 1. The number of hydrogen-bond donors (Lipinski definition) is 1. The average molecular weight is 326 g/mol. The zero-order chi connectivity index (χ0) is 16.2. The summed E-state index contributed by atoms with van der Waals surface area (Å²) in [6.07, 6.45) is 2.58. The van der Waals surface area contributed by atoms with E-state index in [4.69, 9.17) is 4.74 Å². The minimum atomic E-state index is -3.25. The number of sulfonamides is 1. The molecule has 1 fully saturated rings. The average Bonchev–Trinajstić information content (AvgIpc) is 2.47. The Morgan fingerprint density at radius 2 is 2.23 bits per heavy atom. The lowest BCUT2D eigenvalue weighted by Gasteiger charge is -2.30. The van der Waals surface area contributed by atoms with Crippen LogP contribution in [0.25, 0.3) is 0 Å². The molecule has 0 aliphatic carbocycles. The molecule has 22 heavy (non-hydrogen) atoms. The fourth-order valence-electron chi connectivity index (χ4n) is 2.53. The Kier molecular flexibility index (Phi) is 5.42. The van der Waals surface area contributed by atoms with Gasteiger partial charge < -0.3 is 10.1 Å². The first-order valence-corrected chi connectivity index (χ1v) is 9.24. The zero-order valence-corrected chi connectivity index (χ0v) is 13.7. The van der Waals surface area contributed by atoms with Crippen molar-refractivity contribution in [2.24, 2.45) is 5.92 Å². The van der Waals surface area contributed by atoms with Gasteiger partial charge in [-0.15, -0.1) is 0 Å². The molecule has 1 aliphatic rings. The minimum absolute atomic E-state index is 0.151. The number of piperidine rings is 1. The summed E-state index contributed by atoms with van der Waals surface area (Å²) in [5.41, 5.74) is 0.660. The summed E-state index contributed by atoms with van der Waals surface area (Å²) in [4.78, 5) is 12.3. The van der Waals surface area contributed by atoms with E-state index in [-0.39, 0.29) is 18.4 Å². The molecule has 1 heterocycles. The molecule has 1 amide bonds. The molecule has 0 unspecified atom stereocenters. The van der Waals surface area contributed by atoms with Gasteiger partial charge in [0.15, 0.2) is 0 Å². The summed E-state index contributed by atoms with van der Waals surface area (Å²) in [6.45, 7) is 3.19. The summed E-state index contributed by atoms with van der Waals surface area (Å²) in [5, 5.41) is 2.84. The Morgan fingerprint density at radius 1 is 1.45 bits per heavy atom. The van der Waals surface area contributed by atoms with E-state index in [1.165, 1.54) is 10.6 Å². The van der Waals surface area contributed by atoms with Crippen LogP contribution in [0.15, 0.2) is 24.3 Å². The van der Waals surface area contributed by atoms with Crippen LogP contribution in [0.3, 0.4) is 0 Å². The van der Waals surface area contributed by atoms with Crippen molar-refractivity contribution in [2.75, 3.05) is 31.3 Å². The molecule has 7 heteroatoms. The van der Waals surface area contributed by atoms with E-state index in [2.05, 4.69) is 5.32 Å². The van der Waals surface area contributed by atoms with Gasteiger partial charge in [-0.2, -0.15) is 0 Å². The number of carbonyl (C=O) groups is 1. The van der Waals surface area contributed by atoms with Crippen molar-refractivity contribution in [1.29, 1.82) is 0 Å². The summed E-state index contributed by atoms with van der Waals surface area (Å²) in [7, 11) is -3.25. The lowest BCUT2D eigenvalue weighted by atomic mass is 9.98. The van der Waals surface area contributed by atoms with Crippen LogP contribution in [0.2, 0.25) is 0 Å². The summed E-state index contributed by atoms with van der Waals surface area (Å²) in [6, 6.07) is 7.19. The molecule has 1 N–H and O–H groups in total. The third kappa shape index (κ3) is 4.45. The highest BCUT2D eigenvalue weighted by Gasteiger charge is 2.30. The number of rotatable bonds is 5. The number of ether oxygens (including phenoxy) is 1. The first kappa shape index (κ1) is 16.8. The van der Waals surface area contributed by atoms with Crippen molar-refractivity contribution in [3.8, 4) is 5.75 Å². The quantitative estimate of drug-likeness (QED) is 0.893. The van der Waals surface area contributed by atoms with Crippen LogP contribution < -0.4 is 10.1 Å². The van der Waals surface area contributed by atoms with Gasteiger partial charge in [0.25, 0.3) is 0 Å². The van der Waals surface area contributed by atoms with Gasteiger partial charge in [0, 0.05) is 24.8 Å². The Labute approximate surface area is 131 Å². The fraction of sp³-hybridized carbons (Fsp3) is 0.533. The molecule has 1 atom stereocenters. The zero-order valence-electron chi connectivity index (χ0n) is 12.9. The van der Waals surface area contributed by atoms with Gasteiger partial charge in [-0.05, 0) is 31.9 Å². The minimum Gasteiger partial charge on any atom is -0.494 e. The number of nitrogens with zero attached hydrogens (tertiary/aromatic N) is 1. The van der Waals surface area contributed by atoms with Crippen molar-refractivity contribution in [2.45, 2.75) is 19.8 Å². The Balaban J connectivity index is 2.01. The standard InChI is InChI=1S/C15H22N2O4S/c1-3-21-14-8-4-7-13(10-14)16-15(18)12-6-5-9-17(11-12)22(2,19)20/h4,7-8,10,12H,3,5-6,9,11H2,1-2H3,(H,16,18)/t12-/m0/s1. The highest BCUT2D eigenvalue weighted by molar-refractivity contribution is 7.88. The lowest BCUT2D eigenvalue weighted by molar-refractivity contribution is -0.120. The Hall–Kier alpha value is -1.60. The first-order chi connectivity index (χ1) is 10.4. The van der Waals surface area contributed by atoms with Crippen molar-refractivity contribution < 1.29 is 17.9 Å². The summed E-state index contributed by atoms with van der Waals surface area (Å²) < 4.78 is 30.0. The van der Waals surface area contributed by atoms with Gasteiger partial charge in [0.2, 0.25) is 15.9 Å². The largest absolute Gasteiger partial charge is 0.494 e. The van der Waals surface area contributed by atoms with E-state index in [9.17, 15) is 13.2 Å². The Bertz CT molecular complexity index is 630. The lowest BCUT2D eigenvalue weighted by Crippen LogP contribution is -2.43.